The normalized spacial score (nSPS) is 35.0. The number of aliphatic carboxylic acids is 1. The maximum Gasteiger partial charge on any atom is 0.364 e. The second kappa shape index (κ2) is 58.0. The first kappa shape index (κ1) is 110. The number of rotatable bonds is 60. The van der Waals surface area contributed by atoms with E-state index < -0.39 is 284 Å². The summed E-state index contributed by atoms with van der Waals surface area (Å²) in [7, 11) is 0. The number of aliphatic hydroxyl groups excluding tert-OH is 18. The Balaban J connectivity index is 1.23. The van der Waals surface area contributed by atoms with Crippen LogP contribution in [0.5, 0.6) is 0 Å². The van der Waals surface area contributed by atoms with Crippen LogP contribution in [0, 0.1) is 0 Å². The number of ether oxygens (including phenoxy) is 12. The molecule has 6 heterocycles. The number of allylic oxidation sites excluding steroid dienone is 1. The molecule has 6 aliphatic heterocycles. The van der Waals surface area contributed by atoms with Gasteiger partial charge >= 0.3 is 5.97 Å². The van der Waals surface area contributed by atoms with Gasteiger partial charge in [0.2, 0.25) is 23.6 Å². The molecule has 6 aliphatic rings. The summed E-state index contributed by atoms with van der Waals surface area (Å²) >= 11 is 0. The SMILES string of the molecule is CCCCCCCCCCCCC/C=C/[C@@H](O)[C@H](CO[C@@H]1OC(CO)[C@@H](O[C@@H]2OC(CO)[C@H](O[C@@H]3OC(CO)[C@H](O)[C@H](O[C@@H]4OC(CO)[C@H](O[C@@H]5OC(CO)[C@H](O)[C@H](O)C5NC(C)=O)[C@H](O)C4O)C3NC(C)=O)[C@H](O[C@]3(C(=O)O)CC(O)[C@@H](NC(C)=O)C([C@H](O)[C@H](O)CO)O3)C2O)[C@H](O)C1O)NC(=O)CCCCCCCCCCCCCCCCCCCCC. The Kier molecular flexibility index (Phi) is 50.9. The summed E-state index contributed by atoms with van der Waals surface area (Å²) in [4.78, 5) is 66.0. The van der Waals surface area contributed by atoms with Gasteiger partial charge < -0.3 is 175 Å². The summed E-state index contributed by atoms with van der Waals surface area (Å²) < 4.78 is 72.6. The van der Waals surface area contributed by atoms with Gasteiger partial charge in [-0.2, -0.15) is 0 Å². The van der Waals surface area contributed by atoms with Gasteiger partial charge in [-0.25, -0.2) is 4.79 Å². The third kappa shape index (κ3) is 33.8. The Hall–Kier alpha value is -4.11. The topological polar surface area (TPSA) is 629 Å². The van der Waals surface area contributed by atoms with E-state index in [4.69, 9.17) is 56.8 Å². The van der Waals surface area contributed by atoms with Crippen molar-refractivity contribution in [1.82, 2.24) is 21.3 Å². The molecule has 0 aliphatic carbocycles. The van der Waals surface area contributed by atoms with Crippen LogP contribution in [0.3, 0.4) is 0 Å². The Morgan fingerprint density at radius 3 is 1.26 bits per heavy atom. The van der Waals surface area contributed by atoms with Crippen molar-refractivity contribution in [2.75, 3.05) is 46.2 Å². The lowest BCUT2D eigenvalue weighted by Gasteiger charge is -2.53. The second-order valence-electron chi connectivity index (χ2n) is 34.2. The van der Waals surface area contributed by atoms with Crippen molar-refractivity contribution in [3.05, 3.63) is 12.2 Å². The molecule has 6 rings (SSSR count). The Morgan fingerprint density at radius 1 is 0.416 bits per heavy atom. The zero-order chi connectivity index (χ0) is 91.9. The monoisotopic (exact) mass is 1810 g/mol. The number of nitrogens with one attached hydrogen (secondary N) is 4. The minimum absolute atomic E-state index is 0.114. The lowest BCUT2D eigenvalue weighted by atomic mass is 9.88. The molecular weight excluding hydrogens is 1650 g/mol. The second-order valence-corrected chi connectivity index (χ2v) is 34.2. The zero-order valence-electron chi connectivity index (χ0n) is 73.4. The van der Waals surface area contributed by atoms with E-state index in [1.54, 1.807) is 6.08 Å². The van der Waals surface area contributed by atoms with Crippen molar-refractivity contribution in [2.24, 2.45) is 0 Å². The molecule has 0 aromatic rings. The van der Waals surface area contributed by atoms with Gasteiger partial charge in [-0.05, 0) is 19.3 Å². The van der Waals surface area contributed by atoms with Gasteiger partial charge in [-0.3, -0.25) is 19.2 Å². The molecule has 40 nitrogen and oxygen atoms in total. The van der Waals surface area contributed by atoms with E-state index in [1.807, 2.05) is 0 Å². The molecular formula is C85H152N4O36. The fourth-order valence-corrected chi connectivity index (χ4v) is 16.9. The molecule has 0 aromatic carbocycles. The Labute approximate surface area is 732 Å². The first-order chi connectivity index (χ1) is 59.9. The number of hydrogen-bond acceptors (Lipinski definition) is 35. The van der Waals surface area contributed by atoms with Gasteiger partial charge in [0, 0.05) is 33.6 Å². The first-order valence-electron chi connectivity index (χ1n) is 45.6. The van der Waals surface area contributed by atoms with Gasteiger partial charge in [0.15, 0.2) is 31.5 Å². The number of hydrogen-bond donors (Lipinski definition) is 23. The fourth-order valence-electron chi connectivity index (χ4n) is 16.9. The van der Waals surface area contributed by atoms with Crippen molar-refractivity contribution in [3.8, 4) is 0 Å². The number of aliphatic hydroxyl groups is 18. The summed E-state index contributed by atoms with van der Waals surface area (Å²) in [6, 6.07) is -6.62. The molecule has 0 bridgehead atoms. The van der Waals surface area contributed by atoms with Gasteiger partial charge in [0.25, 0.3) is 5.79 Å². The van der Waals surface area contributed by atoms with Crippen molar-refractivity contribution in [2.45, 2.75) is 448 Å². The van der Waals surface area contributed by atoms with Crippen molar-refractivity contribution in [1.29, 1.82) is 0 Å². The van der Waals surface area contributed by atoms with E-state index in [9.17, 15) is 121 Å². The van der Waals surface area contributed by atoms with Crippen molar-refractivity contribution in [3.63, 3.8) is 0 Å². The third-order valence-electron chi connectivity index (χ3n) is 24.1. The summed E-state index contributed by atoms with van der Waals surface area (Å²) in [5.74, 6) is -8.70. The smallest absolute Gasteiger partial charge is 0.364 e. The summed E-state index contributed by atoms with van der Waals surface area (Å²) in [5.41, 5.74) is 0. The fraction of sp³-hybridized carbons (Fsp3) is 0.918. The highest BCUT2D eigenvalue weighted by molar-refractivity contribution is 5.77. The van der Waals surface area contributed by atoms with E-state index in [-0.39, 0.29) is 6.42 Å². The highest BCUT2D eigenvalue weighted by Crippen LogP contribution is 2.42. The van der Waals surface area contributed by atoms with Gasteiger partial charge in [0.1, 0.15) is 140 Å². The molecule has 0 aromatic heterocycles. The zero-order valence-corrected chi connectivity index (χ0v) is 73.4. The minimum Gasteiger partial charge on any atom is -0.477 e. The van der Waals surface area contributed by atoms with Gasteiger partial charge in [-0.1, -0.05) is 206 Å². The van der Waals surface area contributed by atoms with Crippen LogP contribution in [-0.4, -0.2) is 375 Å². The molecule has 4 amide bonds. The van der Waals surface area contributed by atoms with Crippen LogP contribution in [0.2, 0.25) is 0 Å². The highest BCUT2D eigenvalue weighted by atomic mass is 16.8. The van der Waals surface area contributed by atoms with E-state index in [0.717, 1.165) is 85.0 Å². The predicted octanol–water partition coefficient (Wildman–Crippen LogP) is -1.51. The largest absolute Gasteiger partial charge is 0.477 e. The van der Waals surface area contributed by atoms with E-state index in [2.05, 4.69) is 35.1 Å². The van der Waals surface area contributed by atoms with Crippen LogP contribution in [0.15, 0.2) is 12.2 Å². The maximum atomic E-state index is 14.0. The van der Waals surface area contributed by atoms with Crippen LogP contribution in [0.25, 0.3) is 0 Å². The Bertz CT molecular complexity index is 3030. The molecule has 6 saturated heterocycles. The van der Waals surface area contributed by atoms with E-state index >= 15 is 0 Å². The molecule has 6 fully saturated rings. The maximum absolute atomic E-state index is 14.0. The average molecular weight is 1810 g/mol. The lowest BCUT2D eigenvalue weighted by molar-refractivity contribution is -0.404. The average Bonchev–Trinajstić information content (AvgIpc) is 0.742. The van der Waals surface area contributed by atoms with E-state index in [1.165, 1.54) is 128 Å². The number of unbranched alkanes of at least 4 members (excludes halogenated alkanes) is 29. The van der Waals surface area contributed by atoms with Crippen LogP contribution < -0.4 is 21.3 Å². The summed E-state index contributed by atoms with van der Waals surface area (Å²) in [5, 5.41) is 225. The van der Waals surface area contributed by atoms with Crippen molar-refractivity contribution >= 4 is 29.6 Å². The van der Waals surface area contributed by atoms with Crippen LogP contribution >= 0.6 is 0 Å². The molecule has 0 saturated carbocycles. The molecule has 0 radical (unpaired) electrons. The number of carbonyl (C=O) groups excluding carboxylic acids is 4. The van der Waals surface area contributed by atoms with Gasteiger partial charge in [0.05, 0.1) is 70.5 Å². The summed E-state index contributed by atoms with van der Waals surface area (Å²) in [6.45, 7) is 0.0245. The molecule has 125 heavy (non-hydrogen) atoms. The minimum atomic E-state index is -3.44. The Morgan fingerprint density at radius 2 is 0.800 bits per heavy atom. The number of amides is 4. The standard InChI is InChI=1S/C85H152N4O36/c1-6-8-10-12-14-16-18-20-21-22-23-24-25-27-29-31-33-35-37-39-60(102)89-51(52(99)38-36-34-32-30-28-26-19-17-15-13-11-9-7-2)47-114-81-70(109)68(107)74(57(44-93)117-81)121-83-72(111)78(125-85(84(112)113)40-53(100)61(86-48(3)96)77(124-85)64(103)54(101)41-90)75(59(46-95)119-83)122-80-63(88-50(5)98)76(66(105)56(43-92)116-80)123-82-71(110)69(108)73(58(45-94)118-82)120-79-62(87-49(4)97)67(106)65(104)55(42-91)115-79/h36,38,51-59,61-83,90-95,99-101,103-111H,6-35,37,39-47H2,1-5H3,(H,86,96)(H,87,97)(H,88,98)(H,89,102)(H,112,113)/b38-36+/t51-,52+,53?,54+,55?,56?,57?,58?,59?,61+,62?,63?,64+,65-,66-,67+,68+,69+,70?,71?,72?,73-,74+,75-,76+,77?,78+,79-,80-,81+,82-,83-,85-/m0/s1. The lowest BCUT2D eigenvalue weighted by Crippen LogP contribution is -2.72. The van der Waals surface area contributed by atoms with Crippen LogP contribution in [0.1, 0.15) is 247 Å². The number of carboxylic acids is 1. The summed E-state index contributed by atoms with van der Waals surface area (Å²) in [6.07, 6.45) is -20.8. The van der Waals surface area contributed by atoms with Crippen molar-refractivity contribution < 1.29 is 178 Å². The molecule has 0 spiro atoms. The van der Waals surface area contributed by atoms with Gasteiger partial charge in [-0.15, -0.1) is 0 Å². The molecule has 40 heteroatoms. The quantitative estimate of drug-likeness (QED) is 0.0243. The van der Waals surface area contributed by atoms with Crippen LogP contribution in [-0.2, 0) is 80.8 Å². The van der Waals surface area contributed by atoms with E-state index in [0.29, 0.717) is 12.8 Å². The molecule has 728 valence electrons. The predicted molar refractivity (Wildman–Crippen MR) is 441 cm³/mol. The molecule has 12 unspecified atom stereocenters. The molecule has 23 N–H and O–H groups in total. The highest BCUT2D eigenvalue weighted by Gasteiger charge is 2.63. The van der Waals surface area contributed by atoms with Crippen LogP contribution in [0.4, 0.5) is 0 Å². The number of carboxylic acid groups (broad SMARTS) is 1. The molecule has 33 atom stereocenters. The first-order valence-corrected chi connectivity index (χ1v) is 45.6. The third-order valence-corrected chi connectivity index (χ3v) is 24.1. The number of carbonyl (C=O) groups is 5.